The molecule has 1 aromatic carbocycles. The van der Waals surface area contributed by atoms with Crippen molar-refractivity contribution in [1.82, 2.24) is 4.98 Å². The fourth-order valence-electron chi connectivity index (χ4n) is 4.46. The van der Waals surface area contributed by atoms with Crippen LogP contribution in [0.4, 0.5) is 0 Å². The highest BCUT2D eigenvalue weighted by Crippen LogP contribution is 2.33. The maximum absolute atomic E-state index is 3.75. The van der Waals surface area contributed by atoms with Gasteiger partial charge in [-0.3, -0.25) is 0 Å². The number of H-pyrrole nitrogens is 1. The smallest absolute Gasteiger partial charge is 0.127 e. The maximum atomic E-state index is 3.75. The van der Waals surface area contributed by atoms with Gasteiger partial charge < -0.3 is 10.3 Å². The highest BCUT2D eigenvalue weighted by molar-refractivity contribution is 5.85. The van der Waals surface area contributed by atoms with Gasteiger partial charge in [-0.2, -0.15) is 0 Å². The molecule has 0 radical (unpaired) electrons. The number of nitrogens with two attached hydrogens (primary N) is 1. The molecule has 1 saturated carbocycles. The minimum absolute atomic E-state index is 0.671. The van der Waals surface area contributed by atoms with E-state index in [0.717, 1.165) is 6.04 Å². The van der Waals surface area contributed by atoms with Crippen molar-refractivity contribution >= 4 is 10.9 Å². The van der Waals surface area contributed by atoms with E-state index in [1.165, 1.54) is 73.5 Å². The summed E-state index contributed by atoms with van der Waals surface area (Å²) in [4.78, 5) is 3.75. The number of aromatic amines is 1. The molecule has 3 N–H and O–H groups in total. The Morgan fingerprint density at radius 1 is 1.05 bits per heavy atom. The molecule has 0 aliphatic heterocycles. The van der Waals surface area contributed by atoms with Crippen molar-refractivity contribution in [2.45, 2.75) is 70.4 Å². The van der Waals surface area contributed by atoms with Gasteiger partial charge in [0.1, 0.15) is 6.04 Å². The first-order valence-electron chi connectivity index (χ1n) is 8.77. The molecule has 0 spiro atoms. The van der Waals surface area contributed by atoms with Gasteiger partial charge in [0.25, 0.3) is 0 Å². The Bertz CT molecular complexity index is 634. The van der Waals surface area contributed by atoms with E-state index in [1.807, 2.05) is 0 Å². The summed E-state index contributed by atoms with van der Waals surface area (Å²) < 4.78 is 0. The monoisotopic (exact) mass is 283 g/mol. The summed E-state index contributed by atoms with van der Waals surface area (Å²) in [6.07, 6.45) is 11.1. The first-order valence-corrected chi connectivity index (χ1v) is 8.77. The summed E-state index contributed by atoms with van der Waals surface area (Å²) in [5, 5.41) is 4.17. The van der Waals surface area contributed by atoms with Crippen LogP contribution in [0.5, 0.6) is 0 Å². The first kappa shape index (κ1) is 13.4. The van der Waals surface area contributed by atoms with Crippen LogP contribution in [-0.2, 0) is 6.42 Å². The molecule has 4 rings (SSSR count). The lowest BCUT2D eigenvalue weighted by atomic mass is 9.89. The molecule has 1 heterocycles. The molecule has 1 atom stereocenters. The van der Waals surface area contributed by atoms with Crippen LogP contribution in [0.2, 0.25) is 0 Å². The Hall–Kier alpha value is -1.28. The van der Waals surface area contributed by atoms with Crippen LogP contribution in [0.1, 0.15) is 67.8 Å². The lowest BCUT2D eigenvalue weighted by Gasteiger charge is -2.27. The molecular formula is C19H27N2+. The molecule has 21 heavy (non-hydrogen) atoms. The Labute approximate surface area is 127 Å². The molecule has 112 valence electrons. The van der Waals surface area contributed by atoms with Crippen LogP contribution in [0, 0.1) is 6.92 Å². The zero-order valence-electron chi connectivity index (χ0n) is 13.1. The van der Waals surface area contributed by atoms with E-state index in [9.17, 15) is 0 Å². The molecular weight excluding hydrogens is 256 g/mol. The molecule has 0 unspecified atom stereocenters. The zero-order valence-corrected chi connectivity index (χ0v) is 13.1. The Balaban J connectivity index is 1.65. The molecule has 0 saturated heterocycles. The van der Waals surface area contributed by atoms with Crippen molar-refractivity contribution in [2.75, 3.05) is 0 Å². The van der Waals surface area contributed by atoms with Crippen LogP contribution < -0.4 is 5.32 Å². The largest absolute Gasteiger partial charge is 0.353 e. The van der Waals surface area contributed by atoms with Gasteiger partial charge in [-0.1, -0.05) is 18.1 Å². The highest BCUT2D eigenvalue weighted by atomic mass is 15.0. The van der Waals surface area contributed by atoms with Gasteiger partial charge in [-0.15, -0.1) is 0 Å². The van der Waals surface area contributed by atoms with Crippen molar-refractivity contribution in [2.24, 2.45) is 0 Å². The van der Waals surface area contributed by atoms with Crippen LogP contribution in [0.15, 0.2) is 18.2 Å². The van der Waals surface area contributed by atoms with Crippen LogP contribution in [-0.4, -0.2) is 11.0 Å². The molecule has 2 heteroatoms. The second-order valence-electron chi connectivity index (χ2n) is 7.16. The summed E-state index contributed by atoms with van der Waals surface area (Å²) in [5.74, 6) is 0. The second-order valence-corrected chi connectivity index (χ2v) is 7.16. The van der Waals surface area contributed by atoms with Gasteiger partial charge >= 0.3 is 0 Å². The molecule has 0 amide bonds. The lowest BCUT2D eigenvalue weighted by molar-refractivity contribution is -0.731. The summed E-state index contributed by atoms with van der Waals surface area (Å²) >= 11 is 0. The Morgan fingerprint density at radius 3 is 2.76 bits per heavy atom. The normalized spacial score (nSPS) is 23.4. The number of benzene rings is 1. The van der Waals surface area contributed by atoms with Crippen LogP contribution in [0.3, 0.4) is 0 Å². The average Bonchev–Trinajstić information content (AvgIpc) is 2.88. The maximum Gasteiger partial charge on any atom is 0.127 e. The molecule has 1 aromatic heterocycles. The van der Waals surface area contributed by atoms with Crippen LogP contribution >= 0.6 is 0 Å². The fourth-order valence-corrected chi connectivity index (χ4v) is 4.46. The molecule has 2 aliphatic rings. The van der Waals surface area contributed by atoms with Crippen molar-refractivity contribution in [3.8, 4) is 0 Å². The number of hydrogen-bond acceptors (Lipinski definition) is 0. The number of nitrogens with one attached hydrogen (secondary N) is 1. The average molecular weight is 283 g/mol. The molecule has 0 bridgehead atoms. The summed E-state index contributed by atoms with van der Waals surface area (Å²) in [7, 11) is 0. The predicted molar refractivity (Wildman–Crippen MR) is 87.5 cm³/mol. The topological polar surface area (TPSA) is 32.4 Å². The van der Waals surface area contributed by atoms with Gasteiger partial charge in [-0.05, 0) is 63.1 Å². The van der Waals surface area contributed by atoms with Gasteiger partial charge in [-0.25, -0.2) is 0 Å². The zero-order chi connectivity index (χ0) is 14.2. The fraction of sp³-hybridized carbons (Fsp3) is 0.579. The summed E-state index contributed by atoms with van der Waals surface area (Å²) in [5.41, 5.74) is 5.86. The van der Waals surface area contributed by atoms with E-state index in [1.54, 1.807) is 5.56 Å². The van der Waals surface area contributed by atoms with E-state index >= 15 is 0 Å². The van der Waals surface area contributed by atoms with Crippen molar-refractivity contribution in [3.63, 3.8) is 0 Å². The Kier molecular flexibility index (Phi) is 3.50. The quantitative estimate of drug-likeness (QED) is 0.841. The van der Waals surface area contributed by atoms with E-state index in [0.29, 0.717) is 6.04 Å². The number of rotatable bonds is 2. The summed E-state index contributed by atoms with van der Waals surface area (Å²) in [6, 6.07) is 8.39. The standard InChI is InChI=1S/C19H26N2/c1-13-10-11-17-16(12-13)15-8-5-9-18(19(15)21-17)20-14-6-3-2-4-7-14/h10-12,14,18,20-21H,2-9H2,1H3/p+1/t18-/m1/s1. The number of aryl methyl sites for hydroxylation is 2. The third-order valence-corrected chi connectivity index (χ3v) is 5.56. The highest BCUT2D eigenvalue weighted by Gasteiger charge is 2.29. The van der Waals surface area contributed by atoms with Gasteiger partial charge in [0.05, 0.1) is 11.7 Å². The van der Waals surface area contributed by atoms with E-state index < -0.39 is 0 Å². The van der Waals surface area contributed by atoms with Crippen molar-refractivity contribution in [3.05, 3.63) is 35.0 Å². The van der Waals surface area contributed by atoms with E-state index in [4.69, 9.17) is 0 Å². The minimum Gasteiger partial charge on any atom is -0.353 e. The third kappa shape index (κ3) is 2.50. The minimum atomic E-state index is 0.671. The van der Waals surface area contributed by atoms with Gasteiger partial charge in [0, 0.05) is 17.3 Å². The van der Waals surface area contributed by atoms with E-state index in [-0.39, 0.29) is 0 Å². The molecule has 2 aliphatic carbocycles. The van der Waals surface area contributed by atoms with Crippen LogP contribution in [0.25, 0.3) is 10.9 Å². The summed E-state index contributed by atoms with van der Waals surface area (Å²) in [6.45, 7) is 2.20. The number of aromatic nitrogens is 1. The number of hydrogen-bond donors (Lipinski definition) is 2. The van der Waals surface area contributed by atoms with Crippen molar-refractivity contribution in [1.29, 1.82) is 0 Å². The molecule has 2 aromatic rings. The van der Waals surface area contributed by atoms with Gasteiger partial charge in [0.15, 0.2) is 0 Å². The number of fused-ring (bicyclic) bond motifs is 3. The third-order valence-electron chi connectivity index (χ3n) is 5.56. The lowest BCUT2D eigenvalue weighted by Crippen LogP contribution is -2.91. The molecule has 2 nitrogen and oxygen atoms in total. The Morgan fingerprint density at radius 2 is 1.90 bits per heavy atom. The number of quaternary nitrogens is 1. The van der Waals surface area contributed by atoms with Crippen molar-refractivity contribution < 1.29 is 5.32 Å². The van der Waals surface area contributed by atoms with E-state index in [2.05, 4.69) is 35.4 Å². The first-order chi connectivity index (χ1) is 10.3. The van der Waals surface area contributed by atoms with Gasteiger partial charge in [0.2, 0.25) is 0 Å². The second kappa shape index (κ2) is 5.49. The SMILES string of the molecule is Cc1ccc2[nH]c3c(c2c1)CCC[C@H]3[NH2+]C1CCCCC1. The predicted octanol–water partition coefficient (Wildman–Crippen LogP) is 3.75. The molecule has 1 fully saturated rings.